The summed E-state index contributed by atoms with van der Waals surface area (Å²) in [4.78, 5) is 54.7. The van der Waals surface area contributed by atoms with Gasteiger partial charge < -0.3 is 20.6 Å². The number of nitrogens with zero attached hydrogens (tertiary/aromatic N) is 2. The molecule has 3 N–H and O–H groups in total. The summed E-state index contributed by atoms with van der Waals surface area (Å²) in [7, 11) is 0. The van der Waals surface area contributed by atoms with Crippen molar-refractivity contribution < 1.29 is 24.3 Å². The van der Waals surface area contributed by atoms with Gasteiger partial charge in [-0.3, -0.25) is 19.4 Å². The molecule has 1 aromatic heterocycles. The Hall–Kier alpha value is -4.27. The fourth-order valence-electron chi connectivity index (χ4n) is 4.34. The van der Waals surface area contributed by atoms with Gasteiger partial charge in [-0.05, 0) is 42.7 Å². The number of aliphatic carboxylic acids is 1. The van der Waals surface area contributed by atoms with Crippen LogP contribution in [0.4, 0.5) is 5.69 Å². The molecule has 0 bridgehead atoms. The number of fused-ring (bicyclic) bond motifs is 1. The van der Waals surface area contributed by atoms with Gasteiger partial charge in [-0.2, -0.15) is 0 Å². The Balaban J connectivity index is 1.41. The first kappa shape index (κ1) is 23.9. The van der Waals surface area contributed by atoms with Crippen LogP contribution in [0.15, 0.2) is 60.8 Å². The van der Waals surface area contributed by atoms with E-state index in [1.165, 1.54) is 11.8 Å². The third-order valence-corrected chi connectivity index (χ3v) is 6.12. The number of aromatic nitrogens is 1. The topological polar surface area (TPSA) is 129 Å². The standard InChI is InChI=1S/C26H26N4O5/c1-16(31)30-14-4-7-23(30)25(33)29-22(26(34)35)15-17-8-10-18(11-9-17)28-24(32)20-12-13-27-21-6-3-2-5-19(20)21/h2-3,5-6,8-13,22-23H,4,7,14-15H2,1H3,(H,28,32)(H,29,33)(H,34,35)/t22-,23-/m0/s1. The van der Waals surface area contributed by atoms with E-state index < -0.39 is 24.0 Å². The normalized spacial score (nSPS) is 16.0. The van der Waals surface area contributed by atoms with Crippen molar-refractivity contribution in [3.8, 4) is 0 Å². The molecule has 1 saturated heterocycles. The minimum atomic E-state index is -1.16. The first-order valence-electron chi connectivity index (χ1n) is 11.4. The molecule has 9 nitrogen and oxygen atoms in total. The number of carboxylic acids is 1. The van der Waals surface area contributed by atoms with E-state index in [1.807, 2.05) is 24.3 Å². The number of hydrogen-bond donors (Lipinski definition) is 3. The molecule has 0 radical (unpaired) electrons. The van der Waals surface area contributed by atoms with Crippen LogP contribution in [0.5, 0.6) is 0 Å². The molecule has 4 rings (SSSR count). The highest BCUT2D eigenvalue weighted by molar-refractivity contribution is 6.12. The third-order valence-electron chi connectivity index (χ3n) is 6.12. The van der Waals surface area contributed by atoms with Gasteiger partial charge in [-0.25, -0.2) is 4.79 Å². The lowest BCUT2D eigenvalue weighted by Crippen LogP contribution is -2.51. The number of para-hydroxylation sites is 1. The van der Waals surface area contributed by atoms with Crippen molar-refractivity contribution in [2.45, 2.75) is 38.3 Å². The molecule has 180 valence electrons. The Morgan fingerprint density at radius 1 is 1.09 bits per heavy atom. The number of rotatable bonds is 7. The summed E-state index contributed by atoms with van der Waals surface area (Å²) in [5, 5.41) is 15.8. The molecular weight excluding hydrogens is 448 g/mol. The largest absolute Gasteiger partial charge is 0.480 e. The maximum absolute atomic E-state index is 12.8. The van der Waals surface area contributed by atoms with Gasteiger partial charge in [0.1, 0.15) is 12.1 Å². The van der Waals surface area contributed by atoms with Crippen LogP contribution in [-0.4, -0.2) is 57.3 Å². The lowest BCUT2D eigenvalue weighted by Gasteiger charge is -2.24. The first-order chi connectivity index (χ1) is 16.8. The van der Waals surface area contributed by atoms with Gasteiger partial charge in [0.2, 0.25) is 11.8 Å². The molecule has 0 spiro atoms. The summed E-state index contributed by atoms with van der Waals surface area (Å²) < 4.78 is 0. The fourth-order valence-corrected chi connectivity index (χ4v) is 4.34. The number of amides is 3. The third kappa shape index (κ3) is 5.46. The maximum Gasteiger partial charge on any atom is 0.326 e. The van der Waals surface area contributed by atoms with Crippen molar-refractivity contribution in [2.75, 3.05) is 11.9 Å². The lowest BCUT2D eigenvalue weighted by atomic mass is 10.0. The highest BCUT2D eigenvalue weighted by atomic mass is 16.4. The van der Waals surface area contributed by atoms with Crippen molar-refractivity contribution >= 4 is 40.3 Å². The SMILES string of the molecule is CC(=O)N1CCC[C@H]1C(=O)N[C@@H](Cc1ccc(NC(=O)c2ccnc3ccccc23)cc1)C(=O)O. The number of hydrogen-bond acceptors (Lipinski definition) is 5. The van der Waals surface area contributed by atoms with Gasteiger partial charge >= 0.3 is 5.97 Å². The number of carbonyl (C=O) groups is 4. The summed E-state index contributed by atoms with van der Waals surface area (Å²) >= 11 is 0. The fraction of sp³-hybridized carbons (Fsp3) is 0.269. The molecule has 9 heteroatoms. The molecule has 0 unspecified atom stereocenters. The van der Waals surface area contributed by atoms with Crippen molar-refractivity contribution in [1.82, 2.24) is 15.2 Å². The minimum absolute atomic E-state index is 0.0666. The monoisotopic (exact) mass is 474 g/mol. The van der Waals surface area contributed by atoms with Gasteiger partial charge in [-0.1, -0.05) is 30.3 Å². The Kier molecular flexibility index (Phi) is 7.05. The maximum atomic E-state index is 12.8. The van der Waals surface area contributed by atoms with Crippen molar-refractivity contribution in [1.29, 1.82) is 0 Å². The van der Waals surface area contributed by atoms with E-state index in [-0.39, 0.29) is 18.2 Å². The van der Waals surface area contributed by atoms with Crippen LogP contribution >= 0.6 is 0 Å². The zero-order valence-electron chi connectivity index (χ0n) is 19.2. The summed E-state index contributed by atoms with van der Waals surface area (Å²) in [5.41, 5.74) is 2.46. The number of carboxylic acid groups (broad SMARTS) is 1. The van der Waals surface area contributed by atoms with E-state index in [0.29, 0.717) is 36.2 Å². The second-order valence-corrected chi connectivity index (χ2v) is 8.50. The highest BCUT2D eigenvalue weighted by Gasteiger charge is 2.34. The molecular formula is C26H26N4O5. The quantitative estimate of drug-likeness (QED) is 0.483. The molecule has 2 atom stereocenters. The summed E-state index contributed by atoms with van der Waals surface area (Å²) in [6.07, 6.45) is 2.87. The molecule has 1 fully saturated rings. The smallest absolute Gasteiger partial charge is 0.326 e. The Labute approximate surface area is 202 Å². The number of carbonyl (C=O) groups excluding carboxylic acids is 3. The van der Waals surface area contributed by atoms with Crippen molar-refractivity contribution in [3.63, 3.8) is 0 Å². The average molecular weight is 475 g/mol. The predicted molar refractivity (Wildman–Crippen MR) is 130 cm³/mol. The highest BCUT2D eigenvalue weighted by Crippen LogP contribution is 2.20. The number of anilines is 1. The van der Waals surface area contributed by atoms with Gasteiger partial charge in [0.15, 0.2) is 0 Å². The number of pyridine rings is 1. The van der Waals surface area contributed by atoms with Gasteiger partial charge in [0.05, 0.1) is 11.1 Å². The van der Waals surface area contributed by atoms with Crippen LogP contribution in [0.3, 0.4) is 0 Å². The van der Waals surface area contributed by atoms with E-state index in [0.717, 1.165) is 10.9 Å². The first-order valence-corrected chi connectivity index (χ1v) is 11.4. The average Bonchev–Trinajstić information content (AvgIpc) is 3.35. The predicted octanol–water partition coefficient (Wildman–Crippen LogP) is 2.61. The molecule has 3 amide bonds. The molecule has 1 aliphatic heterocycles. The Morgan fingerprint density at radius 2 is 1.83 bits per heavy atom. The van der Waals surface area contributed by atoms with Gasteiger partial charge in [0, 0.05) is 37.2 Å². The number of likely N-dealkylation sites (tertiary alicyclic amines) is 1. The van der Waals surface area contributed by atoms with E-state index in [2.05, 4.69) is 15.6 Å². The minimum Gasteiger partial charge on any atom is -0.480 e. The molecule has 0 saturated carbocycles. The molecule has 3 aromatic rings. The zero-order valence-corrected chi connectivity index (χ0v) is 19.2. The Morgan fingerprint density at radius 3 is 2.54 bits per heavy atom. The second kappa shape index (κ2) is 10.3. The summed E-state index contributed by atoms with van der Waals surface area (Å²) in [5.74, 6) is -2.10. The second-order valence-electron chi connectivity index (χ2n) is 8.50. The molecule has 1 aliphatic rings. The van der Waals surface area contributed by atoms with Crippen LogP contribution in [0.1, 0.15) is 35.7 Å². The van der Waals surface area contributed by atoms with E-state index in [4.69, 9.17) is 0 Å². The molecule has 2 heterocycles. The van der Waals surface area contributed by atoms with Crippen LogP contribution < -0.4 is 10.6 Å². The molecule has 0 aliphatic carbocycles. The summed E-state index contributed by atoms with van der Waals surface area (Å²) in [6, 6.07) is 14.0. The zero-order chi connectivity index (χ0) is 24.9. The van der Waals surface area contributed by atoms with Crippen molar-refractivity contribution in [2.24, 2.45) is 0 Å². The van der Waals surface area contributed by atoms with Gasteiger partial charge in [-0.15, -0.1) is 0 Å². The molecule has 2 aromatic carbocycles. The molecule has 35 heavy (non-hydrogen) atoms. The van der Waals surface area contributed by atoms with Crippen LogP contribution in [-0.2, 0) is 20.8 Å². The van der Waals surface area contributed by atoms with Crippen LogP contribution in [0, 0.1) is 0 Å². The Bertz CT molecular complexity index is 1270. The van der Waals surface area contributed by atoms with Crippen LogP contribution in [0.2, 0.25) is 0 Å². The van der Waals surface area contributed by atoms with E-state index >= 15 is 0 Å². The van der Waals surface area contributed by atoms with E-state index in [9.17, 15) is 24.3 Å². The van der Waals surface area contributed by atoms with Gasteiger partial charge in [0.25, 0.3) is 5.91 Å². The van der Waals surface area contributed by atoms with Crippen LogP contribution in [0.25, 0.3) is 10.9 Å². The number of benzene rings is 2. The number of nitrogens with one attached hydrogen (secondary N) is 2. The lowest BCUT2D eigenvalue weighted by molar-refractivity contribution is -0.143. The van der Waals surface area contributed by atoms with E-state index in [1.54, 1.807) is 36.5 Å². The summed E-state index contributed by atoms with van der Waals surface area (Å²) in [6.45, 7) is 1.89. The van der Waals surface area contributed by atoms with Crippen molar-refractivity contribution in [3.05, 3.63) is 71.9 Å².